The first-order valence-electron chi connectivity index (χ1n) is 6.11. The van der Waals surface area contributed by atoms with Gasteiger partial charge in [0.05, 0.1) is 22.7 Å². The Hall–Kier alpha value is -2.03. The standard InChI is InChI=1S/C13H13ClN2O5S/c14-11-6-10(3-4-12(11)21-8-13(15)17)22(18,19)16-7-9-2-1-5-20-9/h1-6,16H,7-8H2,(H2,15,17). The molecular formula is C13H13ClN2O5S. The van der Waals surface area contributed by atoms with Gasteiger partial charge >= 0.3 is 0 Å². The zero-order chi connectivity index (χ0) is 16.2. The Balaban J connectivity index is 2.10. The van der Waals surface area contributed by atoms with Crippen molar-refractivity contribution in [3.63, 3.8) is 0 Å². The lowest BCUT2D eigenvalue weighted by Gasteiger charge is -2.09. The first-order valence-corrected chi connectivity index (χ1v) is 7.97. The fourth-order valence-electron chi connectivity index (χ4n) is 1.58. The number of hydrogen-bond acceptors (Lipinski definition) is 5. The smallest absolute Gasteiger partial charge is 0.255 e. The molecule has 0 fully saturated rings. The molecule has 0 spiro atoms. The van der Waals surface area contributed by atoms with E-state index in [2.05, 4.69) is 4.72 Å². The third-order valence-electron chi connectivity index (χ3n) is 2.60. The van der Waals surface area contributed by atoms with Crippen molar-refractivity contribution in [3.05, 3.63) is 47.4 Å². The molecule has 1 heterocycles. The summed E-state index contributed by atoms with van der Waals surface area (Å²) in [7, 11) is -3.75. The molecule has 0 radical (unpaired) electrons. The highest BCUT2D eigenvalue weighted by Gasteiger charge is 2.16. The Labute approximate surface area is 132 Å². The number of benzene rings is 1. The highest BCUT2D eigenvalue weighted by molar-refractivity contribution is 7.89. The molecule has 7 nitrogen and oxygen atoms in total. The van der Waals surface area contributed by atoms with Crippen LogP contribution in [0.4, 0.5) is 0 Å². The van der Waals surface area contributed by atoms with E-state index in [1.165, 1.54) is 24.5 Å². The van der Waals surface area contributed by atoms with E-state index in [0.717, 1.165) is 0 Å². The second-order valence-electron chi connectivity index (χ2n) is 4.25. The van der Waals surface area contributed by atoms with Gasteiger partial charge in [-0.25, -0.2) is 13.1 Å². The Kier molecular flexibility index (Phi) is 5.07. The quantitative estimate of drug-likeness (QED) is 0.785. The molecule has 0 aliphatic carbocycles. The van der Waals surface area contributed by atoms with Gasteiger partial charge < -0.3 is 14.9 Å². The number of halogens is 1. The van der Waals surface area contributed by atoms with Crippen molar-refractivity contribution in [1.29, 1.82) is 0 Å². The van der Waals surface area contributed by atoms with Gasteiger partial charge in [0.25, 0.3) is 5.91 Å². The topological polar surface area (TPSA) is 112 Å². The lowest BCUT2D eigenvalue weighted by Crippen LogP contribution is -2.23. The van der Waals surface area contributed by atoms with E-state index < -0.39 is 15.9 Å². The lowest BCUT2D eigenvalue weighted by atomic mass is 10.3. The summed E-state index contributed by atoms with van der Waals surface area (Å²) < 4.78 is 36.7. The molecule has 2 aromatic rings. The molecule has 0 atom stereocenters. The van der Waals surface area contributed by atoms with Gasteiger partial charge in [-0.3, -0.25) is 4.79 Å². The van der Waals surface area contributed by atoms with Gasteiger partial charge in [-0.05, 0) is 30.3 Å². The average Bonchev–Trinajstić information content (AvgIpc) is 2.97. The number of nitrogens with two attached hydrogens (primary N) is 1. The maximum Gasteiger partial charge on any atom is 0.255 e. The minimum absolute atomic E-state index is 0.0207. The third-order valence-corrected chi connectivity index (χ3v) is 4.29. The largest absolute Gasteiger partial charge is 0.482 e. The molecule has 2 rings (SSSR count). The normalized spacial score (nSPS) is 11.3. The van der Waals surface area contributed by atoms with E-state index in [-0.39, 0.29) is 28.8 Å². The van der Waals surface area contributed by atoms with E-state index in [1.54, 1.807) is 12.1 Å². The molecule has 0 saturated carbocycles. The monoisotopic (exact) mass is 344 g/mol. The number of amides is 1. The minimum atomic E-state index is -3.75. The lowest BCUT2D eigenvalue weighted by molar-refractivity contribution is -0.119. The van der Waals surface area contributed by atoms with Crippen LogP contribution in [0.3, 0.4) is 0 Å². The van der Waals surface area contributed by atoms with Gasteiger partial charge in [0.1, 0.15) is 11.5 Å². The number of hydrogen-bond donors (Lipinski definition) is 2. The summed E-state index contributed by atoms with van der Waals surface area (Å²) >= 11 is 5.93. The maximum atomic E-state index is 12.1. The number of sulfonamides is 1. The third kappa shape index (κ3) is 4.23. The number of nitrogens with one attached hydrogen (secondary N) is 1. The Morgan fingerprint density at radius 1 is 1.36 bits per heavy atom. The fourth-order valence-corrected chi connectivity index (χ4v) is 2.90. The summed E-state index contributed by atoms with van der Waals surface area (Å²) in [5, 5.41) is 0.0575. The molecule has 9 heteroatoms. The van der Waals surface area contributed by atoms with Crippen LogP contribution < -0.4 is 15.2 Å². The van der Waals surface area contributed by atoms with E-state index in [0.29, 0.717) is 5.76 Å². The van der Waals surface area contributed by atoms with Crippen LogP contribution in [-0.4, -0.2) is 20.9 Å². The minimum Gasteiger partial charge on any atom is -0.482 e. The number of furan rings is 1. The van der Waals surface area contributed by atoms with Crippen LogP contribution >= 0.6 is 11.6 Å². The van der Waals surface area contributed by atoms with Crippen LogP contribution in [0.2, 0.25) is 5.02 Å². The fraction of sp³-hybridized carbons (Fsp3) is 0.154. The second-order valence-corrected chi connectivity index (χ2v) is 6.43. The number of ether oxygens (including phenoxy) is 1. The van der Waals surface area contributed by atoms with E-state index in [1.807, 2.05) is 0 Å². The van der Waals surface area contributed by atoms with Crippen molar-refractivity contribution in [2.45, 2.75) is 11.4 Å². The van der Waals surface area contributed by atoms with E-state index in [9.17, 15) is 13.2 Å². The second kappa shape index (κ2) is 6.82. The summed E-state index contributed by atoms with van der Waals surface area (Å²) in [6, 6.07) is 7.20. The molecule has 0 unspecified atom stereocenters. The highest BCUT2D eigenvalue weighted by Crippen LogP contribution is 2.27. The van der Waals surface area contributed by atoms with Gasteiger partial charge in [-0.15, -0.1) is 0 Å². The molecule has 0 saturated heterocycles. The zero-order valence-electron chi connectivity index (χ0n) is 11.3. The van der Waals surface area contributed by atoms with Gasteiger partial charge in [0.15, 0.2) is 6.61 Å². The highest BCUT2D eigenvalue weighted by atomic mass is 35.5. The summed E-state index contributed by atoms with van der Waals surface area (Å²) in [6.07, 6.45) is 1.45. The molecule has 22 heavy (non-hydrogen) atoms. The SMILES string of the molecule is NC(=O)COc1ccc(S(=O)(=O)NCc2ccco2)cc1Cl. The van der Waals surface area contributed by atoms with Gasteiger partial charge in [0, 0.05) is 0 Å². The summed E-state index contributed by atoms with van der Waals surface area (Å²) in [5.41, 5.74) is 4.95. The summed E-state index contributed by atoms with van der Waals surface area (Å²) in [6.45, 7) is -0.324. The van der Waals surface area contributed by atoms with Crippen LogP contribution in [0.15, 0.2) is 45.9 Å². The predicted octanol–water partition coefficient (Wildman–Crippen LogP) is 1.28. The molecule has 0 aliphatic rings. The number of carbonyl (C=O) groups excluding carboxylic acids is 1. The first-order chi connectivity index (χ1) is 10.4. The van der Waals surface area contributed by atoms with Crippen LogP contribution in [-0.2, 0) is 21.4 Å². The van der Waals surface area contributed by atoms with Crippen molar-refractivity contribution in [3.8, 4) is 5.75 Å². The zero-order valence-corrected chi connectivity index (χ0v) is 12.9. The maximum absolute atomic E-state index is 12.1. The van der Waals surface area contributed by atoms with Crippen LogP contribution in [0.5, 0.6) is 5.75 Å². The molecule has 1 aromatic carbocycles. The van der Waals surface area contributed by atoms with E-state index in [4.69, 9.17) is 26.5 Å². The number of carbonyl (C=O) groups is 1. The van der Waals surface area contributed by atoms with Crippen molar-refractivity contribution in [1.82, 2.24) is 4.72 Å². The Morgan fingerprint density at radius 2 is 2.14 bits per heavy atom. The van der Waals surface area contributed by atoms with Gasteiger partial charge in [0.2, 0.25) is 10.0 Å². The summed E-state index contributed by atoms with van der Waals surface area (Å²) in [4.78, 5) is 10.6. The van der Waals surface area contributed by atoms with E-state index >= 15 is 0 Å². The number of rotatable bonds is 7. The van der Waals surface area contributed by atoms with Crippen LogP contribution in [0.25, 0.3) is 0 Å². The van der Waals surface area contributed by atoms with Crippen molar-refractivity contribution in [2.75, 3.05) is 6.61 Å². The first kappa shape index (κ1) is 16.3. The Bertz CT molecular complexity index is 759. The molecular weight excluding hydrogens is 332 g/mol. The summed E-state index contributed by atoms with van der Waals surface area (Å²) in [5.74, 6) is -0.00517. The average molecular weight is 345 g/mol. The van der Waals surface area contributed by atoms with Crippen molar-refractivity contribution >= 4 is 27.5 Å². The molecule has 0 bridgehead atoms. The van der Waals surface area contributed by atoms with Gasteiger partial charge in [-0.2, -0.15) is 0 Å². The van der Waals surface area contributed by atoms with Gasteiger partial charge in [-0.1, -0.05) is 11.6 Å². The molecule has 118 valence electrons. The molecule has 3 N–H and O–H groups in total. The molecule has 0 aliphatic heterocycles. The van der Waals surface area contributed by atoms with Crippen LogP contribution in [0, 0.1) is 0 Å². The molecule has 1 aromatic heterocycles. The Morgan fingerprint density at radius 3 is 2.73 bits per heavy atom. The van der Waals surface area contributed by atoms with Crippen molar-refractivity contribution in [2.24, 2.45) is 5.73 Å². The number of primary amides is 1. The predicted molar refractivity (Wildman–Crippen MR) is 78.9 cm³/mol. The van der Waals surface area contributed by atoms with Crippen LogP contribution in [0.1, 0.15) is 5.76 Å². The molecule has 1 amide bonds. The van der Waals surface area contributed by atoms with Crippen molar-refractivity contribution < 1.29 is 22.4 Å².